The van der Waals surface area contributed by atoms with Crippen LogP contribution in [0.5, 0.6) is 0 Å². The fraction of sp³-hybridized carbons (Fsp3) is 0.267. The van der Waals surface area contributed by atoms with Crippen molar-refractivity contribution in [3.8, 4) is 0 Å². The van der Waals surface area contributed by atoms with Crippen molar-refractivity contribution in [2.45, 2.75) is 18.9 Å². The molecule has 2 aromatic rings. The zero-order valence-corrected chi connectivity index (χ0v) is 10.9. The van der Waals surface area contributed by atoms with Crippen LogP contribution in [0.3, 0.4) is 0 Å². The molecule has 0 bridgehead atoms. The molecule has 1 aromatic carbocycles. The quantitative estimate of drug-likeness (QED) is 0.865. The number of amides is 1. The van der Waals surface area contributed by atoms with Crippen LogP contribution in [-0.4, -0.2) is 16.5 Å². The molecule has 2 heterocycles. The minimum Gasteiger partial charge on any atom is -0.377 e. The molecule has 98 valence electrons. The third-order valence-corrected chi connectivity index (χ3v) is 3.61. The largest absolute Gasteiger partial charge is 0.377 e. The Morgan fingerprint density at radius 2 is 2.26 bits per heavy atom. The minimum atomic E-state index is 0.0564. The number of piperidine rings is 1. The second kappa shape index (κ2) is 4.46. The van der Waals surface area contributed by atoms with E-state index in [1.54, 1.807) is 0 Å². The van der Waals surface area contributed by atoms with Crippen LogP contribution in [0.1, 0.15) is 12.8 Å². The Morgan fingerprint density at radius 1 is 1.42 bits per heavy atom. The molecule has 2 N–H and O–H groups in total. The van der Waals surface area contributed by atoms with Gasteiger partial charge in [-0.2, -0.15) is 0 Å². The van der Waals surface area contributed by atoms with Crippen molar-refractivity contribution < 1.29 is 4.79 Å². The van der Waals surface area contributed by atoms with E-state index in [-0.39, 0.29) is 11.9 Å². The van der Waals surface area contributed by atoms with Gasteiger partial charge >= 0.3 is 0 Å². The number of anilines is 1. The van der Waals surface area contributed by atoms with Crippen LogP contribution < -0.4 is 10.6 Å². The smallest absolute Gasteiger partial charge is 0.224 e. The molecule has 1 unspecified atom stereocenters. The molecular formula is C15H17N3O. The van der Waals surface area contributed by atoms with Crippen molar-refractivity contribution in [2.24, 2.45) is 7.05 Å². The van der Waals surface area contributed by atoms with E-state index in [0.29, 0.717) is 6.42 Å². The van der Waals surface area contributed by atoms with Gasteiger partial charge in [-0.15, -0.1) is 0 Å². The molecule has 4 nitrogen and oxygen atoms in total. The van der Waals surface area contributed by atoms with E-state index in [1.165, 1.54) is 10.9 Å². The van der Waals surface area contributed by atoms with Gasteiger partial charge in [-0.25, -0.2) is 0 Å². The minimum absolute atomic E-state index is 0.0564. The summed E-state index contributed by atoms with van der Waals surface area (Å²) in [6, 6.07) is 8.49. The van der Waals surface area contributed by atoms with Gasteiger partial charge in [0, 0.05) is 36.6 Å². The van der Waals surface area contributed by atoms with Gasteiger partial charge in [0.25, 0.3) is 0 Å². The van der Waals surface area contributed by atoms with Gasteiger partial charge in [-0.05, 0) is 30.0 Å². The lowest BCUT2D eigenvalue weighted by Gasteiger charge is -2.26. The first kappa shape index (κ1) is 11.8. The molecule has 4 heteroatoms. The predicted octanol–water partition coefficient (Wildman–Crippen LogP) is 2.38. The third kappa shape index (κ3) is 2.21. The standard InChI is InChI=1S/C15H17N3O/c1-10-13(5-6-15(19)16-10)17-12-4-3-11-7-8-18(2)14(11)9-12/h3-4,7-9,13,17H,1,5-6H2,2H3,(H,16,19). The lowest BCUT2D eigenvalue weighted by atomic mass is 10.0. The Morgan fingerprint density at radius 3 is 3.05 bits per heavy atom. The number of fused-ring (bicyclic) bond motifs is 1. The maximum atomic E-state index is 11.3. The number of hydrogen-bond donors (Lipinski definition) is 2. The first-order chi connectivity index (χ1) is 9.13. The predicted molar refractivity (Wildman–Crippen MR) is 76.8 cm³/mol. The average Bonchev–Trinajstić information content (AvgIpc) is 2.75. The molecule has 1 atom stereocenters. The summed E-state index contributed by atoms with van der Waals surface area (Å²) < 4.78 is 2.10. The van der Waals surface area contributed by atoms with Crippen LogP contribution in [0, 0.1) is 0 Å². The number of nitrogens with one attached hydrogen (secondary N) is 2. The number of rotatable bonds is 2. The second-order valence-electron chi connectivity index (χ2n) is 5.01. The SMILES string of the molecule is C=C1NC(=O)CCC1Nc1ccc2ccn(C)c2c1. The van der Waals surface area contributed by atoms with Crippen LogP contribution in [0.25, 0.3) is 10.9 Å². The van der Waals surface area contributed by atoms with E-state index in [4.69, 9.17) is 0 Å². The summed E-state index contributed by atoms with van der Waals surface area (Å²) in [7, 11) is 2.03. The normalized spacial score (nSPS) is 19.5. The first-order valence-corrected chi connectivity index (χ1v) is 6.44. The van der Waals surface area contributed by atoms with Crippen LogP contribution in [0.15, 0.2) is 42.7 Å². The van der Waals surface area contributed by atoms with Crippen molar-refractivity contribution in [2.75, 3.05) is 5.32 Å². The van der Waals surface area contributed by atoms with E-state index in [0.717, 1.165) is 17.8 Å². The number of aromatic nitrogens is 1. The highest BCUT2D eigenvalue weighted by Gasteiger charge is 2.21. The average molecular weight is 255 g/mol. The summed E-state index contributed by atoms with van der Waals surface area (Å²) in [5, 5.41) is 7.45. The zero-order chi connectivity index (χ0) is 13.4. The first-order valence-electron chi connectivity index (χ1n) is 6.44. The van der Waals surface area contributed by atoms with Gasteiger partial charge in [-0.1, -0.05) is 12.6 Å². The number of carbonyl (C=O) groups excluding carboxylic acids is 1. The van der Waals surface area contributed by atoms with Crippen molar-refractivity contribution in [1.29, 1.82) is 0 Å². The van der Waals surface area contributed by atoms with E-state index >= 15 is 0 Å². The Labute approximate surface area is 112 Å². The van der Waals surface area contributed by atoms with Crippen LogP contribution in [-0.2, 0) is 11.8 Å². The van der Waals surface area contributed by atoms with Gasteiger partial charge in [0.2, 0.25) is 5.91 Å². The summed E-state index contributed by atoms with van der Waals surface area (Å²) in [6.45, 7) is 3.91. The molecule has 1 fully saturated rings. The fourth-order valence-electron chi connectivity index (χ4n) is 2.49. The molecule has 0 saturated carbocycles. The van der Waals surface area contributed by atoms with Crippen molar-refractivity contribution in [3.63, 3.8) is 0 Å². The van der Waals surface area contributed by atoms with Crippen LogP contribution in [0.2, 0.25) is 0 Å². The lowest BCUT2D eigenvalue weighted by Crippen LogP contribution is -2.39. The van der Waals surface area contributed by atoms with Gasteiger partial charge in [0.05, 0.1) is 6.04 Å². The highest BCUT2D eigenvalue weighted by atomic mass is 16.1. The maximum absolute atomic E-state index is 11.3. The molecule has 19 heavy (non-hydrogen) atoms. The van der Waals surface area contributed by atoms with Crippen molar-refractivity contribution in [3.05, 3.63) is 42.7 Å². The van der Waals surface area contributed by atoms with E-state index in [9.17, 15) is 4.79 Å². The molecule has 3 rings (SSSR count). The van der Waals surface area contributed by atoms with Crippen LogP contribution in [0.4, 0.5) is 5.69 Å². The molecule has 1 saturated heterocycles. The molecular weight excluding hydrogens is 238 g/mol. The van der Waals surface area contributed by atoms with Gasteiger partial charge < -0.3 is 15.2 Å². The number of aryl methyl sites for hydroxylation is 1. The zero-order valence-electron chi connectivity index (χ0n) is 10.9. The summed E-state index contributed by atoms with van der Waals surface area (Å²) in [6.07, 6.45) is 3.38. The highest BCUT2D eigenvalue weighted by molar-refractivity contribution is 5.84. The Bertz CT molecular complexity index is 656. The Balaban J connectivity index is 1.83. The van der Waals surface area contributed by atoms with E-state index in [1.807, 2.05) is 13.2 Å². The van der Waals surface area contributed by atoms with Gasteiger partial charge in [0.15, 0.2) is 0 Å². The van der Waals surface area contributed by atoms with Gasteiger partial charge in [-0.3, -0.25) is 4.79 Å². The summed E-state index contributed by atoms with van der Waals surface area (Å²) >= 11 is 0. The summed E-state index contributed by atoms with van der Waals surface area (Å²) in [4.78, 5) is 11.3. The Kier molecular flexibility index (Phi) is 2.78. The molecule has 0 radical (unpaired) electrons. The summed E-state index contributed by atoms with van der Waals surface area (Å²) in [5.74, 6) is 0.0564. The fourth-order valence-corrected chi connectivity index (χ4v) is 2.49. The maximum Gasteiger partial charge on any atom is 0.224 e. The molecule has 0 spiro atoms. The van der Waals surface area contributed by atoms with Crippen LogP contribution >= 0.6 is 0 Å². The number of hydrogen-bond acceptors (Lipinski definition) is 2. The molecule has 1 amide bonds. The highest BCUT2D eigenvalue weighted by Crippen LogP contribution is 2.22. The summed E-state index contributed by atoms with van der Waals surface area (Å²) in [5.41, 5.74) is 3.00. The van der Waals surface area contributed by atoms with E-state index < -0.39 is 0 Å². The topological polar surface area (TPSA) is 46.1 Å². The monoisotopic (exact) mass is 255 g/mol. The van der Waals surface area contributed by atoms with Crippen molar-refractivity contribution >= 4 is 22.5 Å². The Hall–Kier alpha value is -2.23. The number of carbonyl (C=O) groups is 1. The molecule has 1 aliphatic heterocycles. The second-order valence-corrected chi connectivity index (χ2v) is 5.01. The molecule has 1 aliphatic rings. The van der Waals surface area contributed by atoms with Gasteiger partial charge in [0.1, 0.15) is 0 Å². The molecule has 1 aromatic heterocycles. The number of nitrogens with zero attached hydrogens (tertiary/aromatic N) is 1. The van der Waals surface area contributed by atoms with Crippen molar-refractivity contribution in [1.82, 2.24) is 9.88 Å². The molecule has 0 aliphatic carbocycles. The number of benzene rings is 1. The lowest BCUT2D eigenvalue weighted by molar-refractivity contribution is -0.121. The van der Waals surface area contributed by atoms with E-state index in [2.05, 4.69) is 46.0 Å². The third-order valence-electron chi connectivity index (χ3n) is 3.61.